The van der Waals surface area contributed by atoms with Gasteiger partial charge in [-0.1, -0.05) is 23.7 Å². The van der Waals surface area contributed by atoms with Gasteiger partial charge in [-0.2, -0.15) is 0 Å². The zero-order valence-corrected chi connectivity index (χ0v) is 12.5. The van der Waals surface area contributed by atoms with Crippen molar-refractivity contribution in [2.45, 2.75) is 22.7 Å². The Labute approximate surface area is 127 Å². The van der Waals surface area contributed by atoms with Crippen molar-refractivity contribution in [2.75, 3.05) is 6.61 Å². The topological polar surface area (TPSA) is 37.9 Å². The van der Waals surface area contributed by atoms with Gasteiger partial charge in [-0.3, -0.25) is 0 Å². The van der Waals surface area contributed by atoms with Crippen molar-refractivity contribution in [1.82, 2.24) is 9.97 Å². The number of hydrogen-bond acceptors (Lipinski definition) is 3. The summed E-state index contributed by atoms with van der Waals surface area (Å²) in [5, 5.41) is 1.06. The summed E-state index contributed by atoms with van der Waals surface area (Å²) < 4.78 is 5.96. The summed E-state index contributed by atoms with van der Waals surface area (Å²) in [6.45, 7) is 4.26. The molecule has 2 atom stereocenters. The lowest BCUT2D eigenvalue weighted by Crippen LogP contribution is -2.17. The lowest BCUT2D eigenvalue weighted by Gasteiger charge is -2.18. The molecule has 0 saturated heterocycles. The van der Waals surface area contributed by atoms with Gasteiger partial charge < -0.3 is 9.72 Å². The zero-order chi connectivity index (χ0) is 13.9. The second-order valence-corrected chi connectivity index (χ2v) is 6.34. The van der Waals surface area contributed by atoms with E-state index in [2.05, 4.69) is 22.6 Å². The molecule has 104 valence electrons. The Hall–Kier alpha value is -1.23. The quantitative estimate of drug-likeness (QED) is 0.848. The minimum Gasteiger partial charge on any atom is -0.368 e. The first-order valence-corrected chi connectivity index (χ1v) is 7.70. The molecule has 3 rings (SSSR count). The van der Waals surface area contributed by atoms with E-state index in [1.165, 1.54) is 10.5 Å². The molecule has 0 aliphatic carbocycles. The van der Waals surface area contributed by atoms with Gasteiger partial charge in [0.15, 0.2) is 0 Å². The molecule has 0 spiro atoms. The molecule has 5 heteroatoms. The molecule has 0 amide bonds. The van der Waals surface area contributed by atoms with E-state index in [0.29, 0.717) is 11.9 Å². The standard InChI is InChI=1S/C15H15ClN2OS/c1-2-7-19-15-11-4-3-10(16)8-12(11)20-13(15)9-14-17-5-6-18-14/h2-6,8,13,15H,1,7,9H2,(H,17,18)/t13-,15-/m0/s1. The molecule has 0 fully saturated rings. The molecule has 1 aromatic heterocycles. The molecule has 0 saturated carbocycles. The number of fused-ring (bicyclic) bond motifs is 1. The van der Waals surface area contributed by atoms with Gasteiger partial charge in [0.05, 0.1) is 12.7 Å². The summed E-state index contributed by atoms with van der Waals surface area (Å²) >= 11 is 7.88. The smallest absolute Gasteiger partial charge is 0.107 e. The number of thioether (sulfide) groups is 1. The van der Waals surface area contributed by atoms with Crippen LogP contribution in [0.25, 0.3) is 0 Å². The highest BCUT2D eigenvalue weighted by atomic mass is 35.5. The Morgan fingerprint density at radius 2 is 2.40 bits per heavy atom. The monoisotopic (exact) mass is 306 g/mol. The molecule has 0 radical (unpaired) electrons. The fourth-order valence-corrected chi connectivity index (χ4v) is 4.06. The number of halogens is 1. The molecular weight excluding hydrogens is 292 g/mol. The maximum absolute atomic E-state index is 6.08. The first-order chi connectivity index (χ1) is 9.78. The Balaban J connectivity index is 1.84. The van der Waals surface area contributed by atoms with Gasteiger partial charge in [0.1, 0.15) is 5.82 Å². The Bertz CT molecular complexity index is 600. The van der Waals surface area contributed by atoms with Gasteiger partial charge in [-0.05, 0) is 17.7 Å². The van der Waals surface area contributed by atoms with Crippen LogP contribution in [-0.4, -0.2) is 21.8 Å². The molecular formula is C15H15ClN2OS. The van der Waals surface area contributed by atoms with Crippen LogP contribution >= 0.6 is 23.4 Å². The van der Waals surface area contributed by atoms with Gasteiger partial charge in [0, 0.05) is 34.0 Å². The summed E-state index contributed by atoms with van der Waals surface area (Å²) in [7, 11) is 0. The van der Waals surface area contributed by atoms with Crippen LogP contribution in [0, 0.1) is 0 Å². The molecule has 0 unspecified atom stereocenters. The fraction of sp³-hybridized carbons (Fsp3) is 0.267. The summed E-state index contributed by atoms with van der Waals surface area (Å²) in [4.78, 5) is 8.65. The molecule has 1 aromatic carbocycles. The van der Waals surface area contributed by atoms with Crippen molar-refractivity contribution in [3.63, 3.8) is 0 Å². The number of imidazole rings is 1. The lowest BCUT2D eigenvalue weighted by atomic mass is 10.0. The third-order valence-corrected chi connectivity index (χ3v) is 4.80. The summed E-state index contributed by atoms with van der Waals surface area (Å²) in [5.41, 5.74) is 1.21. The first-order valence-electron chi connectivity index (χ1n) is 6.45. The molecule has 2 aromatic rings. The average molecular weight is 307 g/mol. The second kappa shape index (κ2) is 6.04. The number of ether oxygens (including phenoxy) is 1. The van der Waals surface area contributed by atoms with Crippen LogP contribution in [0.15, 0.2) is 48.1 Å². The van der Waals surface area contributed by atoms with E-state index in [1.807, 2.05) is 18.3 Å². The highest BCUT2D eigenvalue weighted by molar-refractivity contribution is 8.00. The van der Waals surface area contributed by atoms with Crippen molar-refractivity contribution < 1.29 is 4.74 Å². The van der Waals surface area contributed by atoms with E-state index in [-0.39, 0.29) is 6.10 Å². The Morgan fingerprint density at radius 1 is 1.50 bits per heavy atom. The van der Waals surface area contributed by atoms with Crippen LogP contribution in [0.1, 0.15) is 17.5 Å². The highest BCUT2D eigenvalue weighted by Crippen LogP contribution is 2.47. The number of nitrogens with one attached hydrogen (secondary N) is 1. The van der Waals surface area contributed by atoms with E-state index in [0.717, 1.165) is 17.3 Å². The van der Waals surface area contributed by atoms with Crippen molar-refractivity contribution in [1.29, 1.82) is 0 Å². The number of hydrogen-bond donors (Lipinski definition) is 1. The minimum atomic E-state index is 0.0513. The Kier molecular flexibility index (Phi) is 4.15. The number of aromatic nitrogens is 2. The average Bonchev–Trinajstić information content (AvgIpc) is 3.04. The minimum absolute atomic E-state index is 0.0513. The normalized spacial score (nSPS) is 20.9. The van der Waals surface area contributed by atoms with Crippen LogP contribution < -0.4 is 0 Å². The zero-order valence-electron chi connectivity index (χ0n) is 10.9. The predicted molar refractivity (Wildman–Crippen MR) is 82.3 cm³/mol. The third kappa shape index (κ3) is 2.77. The predicted octanol–water partition coefficient (Wildman–Crippen LogP) is 4.02. The van der Waals surface area contributed by atoms with Gasteiger partial charge in [0.2, 0.25) is 0 Å². The molecule has 3 nitrogen and oxygen atoms in total. The molecule has 1 aliphatic heterocycles. The largest absolute Gasteiger partial charge is 0.368 e. The number of H-pyrrole nitrogens is 1. The van der Waals surface area contributed by atoms with E-state index in [1.54, 1.807) is 24.0 Å². The molecule has 1 aliphatic rings. The number of aromatic amines is 1. The first kappa shape index (κ1) is 13.7. The van der Waals surface area contributed by atoms with Crippen molar-refractivity contribution in [2.24, 2.45) is 0 Å². The fourth-order valence-electron chi connectivity index (χ4n) is 2.39. The summed E-state index contributed by atoms with van der Waals surface area (Å²) in [6, 6.07) is 5.98. The number of benzene rings is 1. The van der Waals surface area contributed by atoms with Crippen LogP contribution in [0.4, 0.5) is 0 Å². The maximum Gasteiger partial charge on any atom is 0.107 e. The van der Waals surface area contributed by atoms with Gasteiger partial charge >= 0.3 is 0 Å². The lowest BCUT2D eigenvalue weighted by molar-refractivity contribution is 0.0734. The van der Waals surface area contributed by atoms with Gasteiger partial charge in [-0.15, -0.1) is 18.3 Å². The van der Waals surface area contributed by atoms with Crippen LogP contribution in [-0.2, 0) is 11.2 Å². The second-order valence-electron chi connectivity index (χ2n) is 4.62. The number of rotatable bonds is 5. The van der Waals surface area contributed by atoms with E-state index in [9.17, 15) is 0 Å². The summed E-state index contributed by atoms with van der Waals surface area (Å²) in [6.07, 6.45) is 6.29. The third-order valence-electron chi connectivity index (χ3n) is 3.24. The number of nitrogens with zero attached hydrogens (tertiary/aromatic N) is 1. The highest BCUT2D eigenvalue weighted by Gasteiger charge is 2.34. The van der Waals surface area contributed by atoms with Crippen LogP contribution in [0.5, 0.6) is 0 Å². The summed E-state index contributed by atoms with van der Waals surface area (Å²) in [5.74, 6) is 0.980. The van der Waals surface area contributed by atoms with Gasteiger partial charge in [0.25, 0.3) is 0 Å². The van der Waals surface area contributed by atoms with E-state index < -0.39 is 0 Å². The molecule has 0 bridgehead atoms. The van der Waals surface area contributed by atoms with Crippen LogP contribution in [0.2, 0.25) is 5.02 Å². The molecule has 2 heterocycles. The van der Waals surface area contributed by atoms with E-state index in [4.69, 9.17) is 16.3 Å². The Morgan fingerprint density at radius 3 is 3.15 bits per heavy atom. The van der Waals surface area contributed by atoms with Crippen LogP contribution in [0.3, 0.4) is 0 Å². The molecule has 20 heavy (non-hydrogen) atoms. The van der Waals surface area contributed by atoms with Gasteiger partial charge in [-0.25, -0.2) is 4.98 Å². The van der Waals surface area contributed by atoms with E-state index >= 15 is 0 Å². The van der Waals surface area contributed by atoms with Crippen molar-refractivity contribution >= 4 is 23.4 Å². The molecule has 1 N–H and O–H groups in total. The maximum atomic E-state index is 6.08. The van der Waals surface area contributed by atoms with Crippen molar-refractivity contribution in [3.05, 3.63) is 59.7 Å². The SMILES string of the molecule is C=CCO[C@H]1c2ccc(Cl)cc2S[C@H]1Cc1ncc[nH]1. The van der Waals surface area contributed by atoms with Crippen molar-refractivity contribution in [3.8, 4) is 0 Å².